The standard InChI is InChI=1S/C9H20N2O2S/c1-3-6-14(12,13)10-7-9-4-5-11(2)8-9/h9-10H,3-8H2,1-2H3. The Morgan fingerprint density at radius 1 is 1.50 bits per heavy atom. The average molecular weight is 220 g/mol. The zero-order valence-electron chi connectivity index (χ0n) is 8.99. The number of sulfonamides is 1. The van der Waals surface area contributed by atoms with Crippen molar-refractivity contribution in [2.45, 2.75) is 19.8 Å². The normalized spacial score (nSPS) is 24.3. The van der Waals surface area contributed by atoms with Crippen LogP contribution in [0.25, 0.3) is 0 Å². The van der Waals surface area contributed by atoms with Crippen LogP contribution < -0.4 is 4.72 Å². The third kappa shape index (κ3) is 3.94. The van der Waals surface area contributed by atoms with E-state index in [9.17, 15) is 8.42 Å². The number of nitrogens with zero attached hydrogens (tertiary/aromatic N) is 1. The Kier molecular flexibility index (Phi) is 4.34. The first kappa shape index (κ1) is 11.9. The minimum absolute atomic E-state index is 0.246. The molecule has 0 amide bonds. The second-order valence-electron chi connectivity index (χ2n) is 4.08. The number of rotatable bonds is 5. The summed E-state index contributed by atoms with van der Waals surface area (Å²) in [6.07, 6.45) is 1.78. The van der Waals surface area contributed by atoms with Gasteiger partial charge < -0.3 is 4.90 Å². The summed E-state index contributed by atoms with van der Waals surface area (Å²) in [7, 11) is -0.935. The smallest absolute Gasteiger partial charge is 0.211 e. The van der Waals surface area contributed by atoms with Crippen LogP contribution in [0.3, 0.4) is 0 Å². The van der Waals surface area contributed by atoms with Gasteiger partial charge in [-0.05, 0) is 32.4 Å². The van der Waals surface area contributed by atoms with E-state index in [0.29, 0.717) is 18.9 Å². The second kappa shape index (κ2) is 5.09. The van der Waals surface area contributed by atoms with Gasteiger partial charge in [0.1, 0.15) is 0 Å². The zero-order valence-corrected chi connectivity index (χ0v) is 9.81. The molecule has 0 spiro atoms. The molecule has 14 heavy (non-hydrogen) atoms. The van der Waals surface area contributed by atoms with Crippen molar-refractivity contribution < 1.29 is 8.42 Å². The molecule has 0 aromatic heterocycles. The molecule has 1 atom stereocenters. The minimum Gasteiger partial charge on any atom is -0.306 e. The van der Waals surface area contributed by atoms with Crippen molar-refractivity contribution in [1.82, 2.24) is 9.62 Å². The van der Waals surface area contributed by atoms with Gasteiger partial charge in [0.25, 0.3) is 0 Å². The Balaban J connectivity index is 2.26. The summed E-state index contributed by atoms with van der Waals surface area (Å²) in [4.78, 5) is 2.23. The van der Waals surface area contributed by atoms with Crippen LogP contribution in [0.15, 0.2) is 0 Å². The van der Waals surface area contributed by atoms with Crippen molar-refractivity contribution in [3.05, 3.63) is 0 Å². The predicted molar refractivity (Wildman–Crippen MR) is 57.7 cm³/mol. The number of hydrogen-bond donors (Lipinski definition) is 1. The van der Waals surface area contributed by atoms with Crippen LogP contribution in [0, 0.1) is 5.92 Å². The van der Waals surface area contributed by atoms with Crippen LogP contribution in [0.1, 0.15) is 19.8 Å². The van der Waals surface area contributed by atoms with E-state index < -0.39 is 10.0 Å². The fraction of sp³-hybridized carbons (Fsp3) is 1.00. The van der Waals surface area contributed by atoms with E-state index in [0.717, 1.165) is 19.5 Å². The molecule has 0 aromatic rings. The van der Waals surface area contributed by atoms with Gasteiger partial charge >= 0.3 is 0 Å². The van der Waals surface area contributed by atoms with Gasteiger partial charge in [-0.15, -0.1) is 0 Å². The van der Waals surface area contributed by atoms with E-state index in [1.54, 1.807) is 0 Å². The Bertz CT molecular complexity index is 264. The maximum atomic E-state index is 11.3. The molecule has 0 aliphatic carbocycles. The van der Waals surface area contributed by atoms with Gasteiger partial charge in [-0.3, -0.25) is 0 Å². The van der Waals surface area contributed by atoms with E-state index in [4.69, 9.17) is 0 Å². The van der Waals surface area contributed by atoms with E-state index in [1.807, 2.05) is 6.92 Å². The molecule has 1 aliphatic rings. The lowest BCUT2D eigenvalue weighted by molar-refractivity contribution is 0.394. The summed E-state index contributed by atoms with van der Waals surface area (Å²) in [5.41, 5.74) is 0. The van der Waals surface area contributed by atoms with Gasteiger partial charge in [-0.2, -0.15) is 0 Å². The van der Waals surface area contributed by atoms with Gasteiger partial charge in [0.15, 0.2) is 0 Å². The van der Waals surface area contributed by atoms with E-state index >= 15 is 0 Å². The molecule has 84 valence electrons. The molecule has 1 heterocycles. The van der Waals surface area contributed by atoms with Crippen molar-refractivity contribution in [2.75, 3.05) is 32.4 Å². The van der Waals surface area contributed by atoms with E-state index in [-0.39, 0.29) is 5.75 Å². The quantitative estimate of drug-likeness (QED) is 0.723. The van der Waals surface area contributed by atoms with Crippen LogP contribution in [0.5, 0.6) is 0 Å². The van der Waals surface area contributed by atoms with Crippen molar-refractivity contribution in [3.63, 3.8) is 0 Å². The molecule has 0 saturated carbocycles. The highest BCUT2D eigenvalue weighted by Gasteiger charge is 2.20. The van der Waals surface area contributed by atoms with E-state index in [1.165, 1.54) is 0 Å². The maximum Gasteiger partial charge on any atom is 0.211 e. The van der Waals surface area contributed by atoms with Crippen molar-refractivity contribution >= 4 is 10.0 Å². The molecule has 0 bridgehead atoms. The van der Waals surface area contributed by atoms with Crippen molar-refractivity contribution in [1.29, 1.82) is 0 Å². The van der Waals surface area contributed by atoms with Crippen LogP contribution in [-0.4, -0.2) is 45.8 Å². The number of hydrogen-bond acceptors (Lipinski definition) is 3. The first-order valence-corrected chi connectivity index (χ1v) is 6.84. The highest BCUT2D eigenvalue weighted by molar-refractivity contribution is 7.89. The Morgan fingerprint density at radius 2 is 2.21 bits per heavy atom. The Labute approximate surface area is 86.7 Å². The topological polar surface area (TPSA) is 49.4 Å². The largest absolute Gasteiger partial charge is 0.306 e. The molecule has 1 fully saturated rings. The maximum absolute atomic E-state index is 11.3. The third-order valence-corrected chi connectivity index (χ3v) is 4.11. The molecule has 1 unspecified atom stereocenters. The molecule has 1 rings (SSSR count). The molecule has 1 aliphatic heterocycles. The fourth-order valence-corrected chi connectivity index (χ4v) is 2.95. The summed E-state index contributed by atoms with van der Waals surface area (Å²) < 4.78 is 25.4. The number of likely N-dealkylation sites (tertiary alicyclic amines) is 1. The van der Waals surface area contributed by atoms with Crippen LogP contribution in [-0.2, 0) is 10.0 Å². The number of nitrogens with one attached hydrogen (secondary N) is 1. The van der Waals surface area contributed by atoms with Crippen LogP contribution in [0.4, 0.5) is 0 Å². The SMILES string of the molecule is CCCS(=O)(=O)NCC1CCN(C)C1. The van der Waals surface area contributed by atoms with Gasteiger partial charge in [-0.25, -0.2) is 13.1 Å². The van der Waals surface area contributed by atoms with E-state index in [2.05, 4.69) is 16.7 Å². The lowest BCUT2D eigenvalue weighted by Gasteiger charge is -2.11. The molecule has 5 heteroatoms. The molecule has 4 nitrogen and oxygen atoms in total. The summed E-state index contributed by atoms with van der Waals surface area (Å²) in [6, 6.07) is 0. The molecular weight excluding hydrogens is 200 g/mol. The first-order chi connectivity index (χ1) is 6.53. The first-order valence-electron chi connectivity index (χ1n) is 5.19. The molecule has 1 N–H and O–H groups in total. The summed E-state index contributed by atoms with van der Waals surface area (Å²) in [6.45, 7) is 4.57. The van der Waals surface area contributed by atoms with Crippen LogP contribution in [0.2, 0.25) is 0 Å². The third-order valence-electron chi connectivity index (χ3n) is 2.55. The van der Waals surface area contributed by atoms with Gasteiger partial charge in [0.05, 0.1) is 5.75 Å². The van der Waals surface area contributed by atoms with Crippen molar-refractivity contribution in [3.8, 4) is 0 Å². The molecule has 1 saturated heterocycles. The van der Waals surface area contributed by atoms with Gasteiger partial charge in [0, 0.05) is 13.1 Å². The highest BCUT2D eigenvalue weighted by atomic mass is 32.2. The van der Waals surface area contributed by atoms with Gasteiger partial charge in [-0.1, -0.05) is 6.92 Å². The molecule has 0 aromatic carbocycles. The average Bonchev–Trinajstić information content (AvgIpc) is 2.48. The monoisotopic (exact) mass is 220 g/mol. The lowest BCUT2D eigenvalue weighted by atomic mass is 10.1. The summed E-state index contributed by atoms with van der Waals surface area (Å²) in [5, 5.41) is 0. The zero-order chi connectivity index (χ0) is 10.6. The summed E-state index contributed by atoms with van der Waals surface area (Å²) in [5.74, 6) is 0.738. The highest BCUT2D eigenvalue weighted by Crippen LogP contribution is 2.13. The second-order valence-corrected chi connectivity index (χ2v) is 6.01. The Hall–Kier alpha value is -0.130. The molecular formula is C9H20N2O2S. The predicted octanol–water partition coefficient (Wildman–Crippen LogP) is 0.268. The minimum atomic E-state index is -3.01. The fourth-order valence-electron chi connectivity index (χ4n) is 1.78. The molecule has 0 radical (unpaired) electrons. The summed E-state index contributed by atoms with van der Waals surface area (Å²) >= 11 is 0. The van der Waals surface area contributed by atoms with Gasteiger partial charge in [0.2, 0.25) is 10.0 Å². The van der Waals surface area contributed by atoms with Crippen LogP contribution >= 0.6 is 0 Å². The van der Waals surface area contributed by atoms with Crippen molar-refractivity contribution in [2.24, 2.45) is 5.92 Å². The Morgan fingerprint density at radius 3 is 2.71 bits per heavy atom. The lowest BCUT2D eigenvalue weighted by Crippen LogP contribution is -2.32.